The highest BCUT2D eigenvalue weighted by atomic mass is 35.5. The van der Waals surface area contributed by atoms with Gasteiger partial charge in [0.25, 0.3) is 0 Å². The maximum absolute atomic E-state index is 13.1. The Morgan fingerprint density at radius 2 is 1.61 bits per heavy atom. The fourth-order valence-electron chi connectivity index (χ4n) is 3.75. The van der Waals surface area contributed by atoms with Crippen molar-refractivity contribution < 1.29 is 4.79 Å². The number of nitrogens with zero attached hydrogens (tertiary/aromatic N) is 4. The van der Waals surface area contributed by atoms with E-state index in [1.165, 1.54) is 17.3 Å². The van der Waals surface area contributed by atoms with Crippen molar-refractivity contribution in [3.05, 3.63) is 94.6 Å². The van der Waals surface area contributed by atoms with Crippen LogP contribution in [0.15, 0.2) is 84.2 Å². The van der Waals surface area contributed by atoms with Gasteiger partial charge in [0.2, 0.25) is 5.91 Å². The van der Waals surface area contributed by atoms with Gasteiger partial charge in [-0.15, -0.1) is 0 Å². The molecule has 2 heterocycles. The van der Waals surface area contributed by atoms with Crippen LogP contribution in [0, 0.1) is 0 Å². The zero-order valence-electron chi connectivity index (χ0n) is 16.2. The van der Waals surface area contributed by atoms with E-state index in [-0.39, 0.29) is 17.9 Å². The number of hydrogen-bond donors (Lipinski definition) is 1. The van der Waals surface area contributed by atoms with Gasteiger partial charge in [0.05, 0.1) is 21.7 Å². The van der Waals surface area contributed by atoms with Gasteiger partial charge in [-0.3, -0.25) is 9.59 Å². The number of anilines is 1. The maximum Gasteiger partial charge on any atom is 0.244 e. The molecule has 0 aliphatic rings. The predicted molar refractivity (Wildman–Crippen MR) is 121 cm³/mol. The number of halogens is 1. The van der Waals surface area contributed by atoms with E-state index in [0.29, 0.717) is 38.2 Å². The molecule has 1 N–H and O–H groups in total. The number of hydrogen-bond acceptors (Lipinski definition) is 4. The van der Waals surface area contributed by atoms with Crippen molar-refractivity contribution in [2.75, 3.05) is 5.32 Å². The second-order valence-electron chi connectivity index (χ2n) is 6.97. The van der Waals surface area contributed by atoms with Crippen LogP contribution < -0.4 is 10.7 Å². The Morgan fingerprint density at radius 3 is 2.26 bits per heavy atom. The molecule has 8 heteroatoms. The quantitative estimate of drug-likeness (QED) is 0.437. The van der Waals surface area contributed by atoms with Gasteiger partial charge < -0.3 is 9.88 Å². The van der Waals surface area contributed by atoms with Crippen LogP contribution >= 0.6 is 11.6 Å². The van der Waals surface area contributed by atoms with Crippen molar-refractivity contribution in [1.82, 2.24) is 19.3 Å². The Morgan fingerprint density at radius 1 is 0.935 bits per heavy atom. The van der Waals surface area contributed by atoms with Gasteiger partial charge in [-0.25, -0.2) is 9.67 Å². The third-order valence-corrected chi connectivity index (χ3v) is 5.39. The van der Waals surface area contributed by atoms with E-state index < -0.39 is 0 Å². The van der Waals surface area contributed by atoms with Crippen LogP contribution in [0.2, 0.25) is 5.02 Å². The summed E-state index contributed by atoms with van der Waals surface area (Å²) in [4.78, 5) is 29.9. The van der Waals surface area contributed by atoms with Crippen LogP contribution in [0.25, 0.3) is 27.5 Å². The first-order valence-corrected chi connectivity index (χ1v) is 9.95. The summed E-state index contributed by atoms with van der Waals surface area (Å²) in [7, 11) is 0. The maximum atomic E-state index is 13.1. The number of amides is 1. The minimum absolute atomic E-state index is 0.0185. The molecule has 0 atom stereocenters. The first-order chi connectivity index (χ1) is 15.1. The number of nitrogens with one attached hydrogen (secondary N) is 1. The standard InChI is InChI=1S/C23H16ClN5O2/c24-17-8-5-9-18(22(17)29-14-25-13-26-29)27-21(30)12-28-19-10-3-1-6-15(19)23(31)16-7-2-4-11-20(16)28/h1-11,13-14H,12H2,(H,27,30). The molecule has 1 amide bonds. The average Bonchev–Trinajstić information content (AvgIpc) is 3.31. The highest BCUT2D eigenvalue weighted by Crippen LogP contribution is 2.28. The van der Waals surface area contributed by atoms with Gasteiger partial charge >= 0.3 is 0 Å². The molecule has 5 aromatic rings. The number of benzene rings is 3. The number of aromatic nitrogens is 4. The Hall–Kier alpha value is -3.97. The van der Waals surface area contributed by atoms with Gasteiger partial charge in [0.15, 0.2) is 5.43 Å². The Labute approximate surface area is 181 Å². The van der Waals surface area contributed by atoms with Crippen molar-refractivity contribution in [3.8, 4) is 5.69 Å². The largest absolute Gasteiger partial charge is 0.331 e. The predicted octanol–water partition coefficient (Wildman–Crippen LogP) is 4.03. The van der Waals surface area contributed by atoms with Gasteiger partial charge in [-0.1, -0.05) is 41.9 Å². The van der Waals surface area contributed by atoms with E-state index in [2.05, 4.69) is 15.4 Å². The van der Waals surface area contributed by atoms with E-state index in [0.717, 1.165) is 0 Å². The summed E-state index contributed by atoms with van der Waals surface area (Å²) in [5.74, 6) is -0.261. The Bertz CT molecular complexity index is 1430. The molecule has 0 aliphatic carbocycles. The van der Waals surface area contributed by atoms with Crippen LogP contribution in [0.3, 0.4) is 0 Å². The van der Waals surface area contributed by atoms with E-state index in [4.69, 9.17) is 11.6 Å². The minimum Gasteiger partial charge on any atom is -0.331 e. The van der Waals surface area contributed by atoms with Gasteiger partial charge in [0, 0.05) is 10.8 Å². The molecule has 0 spiro atoms. The molecule has 5 rings (SSSR count). The molecule has 0 saturated carbocycles. The monoisotopic (exact) mass is 429 g/mol. The molecule has 0 unspecified atom stereocenters. The van der Waals surface area contributed by atoms with Crippen LogP contribution in [-0.2, 0) is 11.3 Å². The van der Waals surface area contributed by atoms with Crippen LogP contribution in [0.4, 0.5) is 5.69 Å². The molecule has 0 fully saturated rings. The topological polar surface area (TPSA) is 81.8 Å². The molecule has 0 radical (unpaired) electrons. The van der Waals surface area contributed by atoms with Crippen LogP contribution in [-0.4, -0.2) is 25.2 Å². The van der Waals surface area contributed by atoms with Gasteiger partial charge in [-0.05, 0) is 36.4 Å². The molecular formula is C23H16ClN5O2. The molecule has 3 aromatic carbocycles. The van der Waals surface area contributed by atoms with Gasteiger partial charge in [-0.2, -0.15) is 5.10 Å². The van der Waals surface area contributed by atoms with E-state index in [9.17, 15) is 9.59 Å². The highest BCUT2D eigenvalue weighted by molar-refractivity contribution is 6.33. The molecule has 2 aromatic heterocycles. The molecule has 7 nitrogen and oxygen atoms in total. The number of carbonyl (C=O) groups excluding carboxylic acids is 1. The lowest BCUT2D eigenvalue weighted by atomic mass is 10.1. The Kier molecular flexibility index (Phi) is 4.72. The van der Waals surface area contributed by atoms with E-state index in [1.807, 2.05) is 41.0 Å². The SMILES string of the molecule is O=C(Cn1c2ccccc2c(=O)c2ccccc21)Nc1cccc(Cl)c1-n1cncn1. The fourth-order valence-corrected chi connectivity index (χ4v) is 4.01. The van der Waals surface area contributed by atoms with Gasteiger partial charge in [0.1, 0.15) is 24.9 Å². The molecule has 152 valence electrons. The summed E-state index contributed by atoms with van der Waals surface area (Å²) >= 11 is 6.36. The van der Waals surface area contributed by atoms with Crippen molar-refractivity contribution in [3.63, 3.8) is 0 Å². The lowest BCUT2D eigenvalue weighted by Crippen LogP contribution is -2.22. The first-order valence-electron chi connectivity index (χ1n) is 9.57. The molecular weight excluding hydrogens is 414 g/mol. The third kappa shape index (κ3) is 3.35. The van der Waals surface area contributed by atoms with Crippen LogP contribution in [0.1, 0.15) is 0 Å². The van der Waals surface area contributed by atoms with E-state index >= 15 is 0 Å². The normalized spacial score (nSPS) is 11.1. The molecule has 0 aliphatic heterocycles. The number of pyridine rings is 1. The molecule has 31 heavy (non-hydrogen) atoms. The zero-order chi connectivity index (χ0) is 21.4. The zero-order valence-corrected chi connectivity index (χ0v) is 17.0. The summed E-state index contributed by atoms with van der Waals surface area (Å²) in [5, 5.41) is 8.61. The first kappa shape index (κ1) is 19.0. The minimum atomic E-state index is -0.261. The fraction of sp³-hybridized carbons (Fsp3) is 0.0435. The number of fused-ring (bicyclic) bond motifs is 2. The number of para-hydroxylation sites is 3. The average molecular weight is 430 g/mol. The van der Waals surface area contributed by atoms with E-state index in [1.54, 1.807) is 30.3 Å². The van der Waals surface area contributed by atoms with Crippen molar-refractivity contribution in [1.29, 1.82) is 0 Å². The summed E-state index contributed by atoms with van der Waals surface area (Å²) in [5.41, 5.74) is 2.39. The smallest absolute Gasteiger partial charge is 0.244 e. The third-order valence-electron chi connectivity index (χ3n) is 5.09. The number of rotatable bonds is 4. The number of carbonyl (C=O) groups is 1. The lowest BCUT2D eigenvalue weighted by Gasteiger charge is -2.16. The molecule has 0 saturated heterocycles. The van der Waals surface area contributed by atoms with Crippen molar-refractivity contribution in [2.45, 2.75) is 6.54 Å². The summed E-state index contributed by atoms with van der Waals surface area (Å²) in [6.07, 6.45) is 2.91. The molecule has 0 bridgehead atoms. The summed E-state index contributed by atoms with van der Waals surface area (Å²) < 4.78 is 3.35. The lowest BCUT2D eigenvalue weighted by molar-refractivity contribution is -0.116. The Balaban J connectivity index is 1.58. The van der Waals surface area contributed by atoms with Crippen molar-refractivity contribution in [2.24, 2.45) is 0 Å². The highest BCUT2D eigenvalue weighted by Gasteiger charge is 2.16. The van der Waals surface area contributed by atoms with Crippen molar-refractivity contribution >= 4 is 45.0 Å². The summed E-state index contributed by atoms with van der Waals surface area (Å²) in [6, 6.07) is 19.8. The second-order valence-corrected chi connectivity index (χ2v) is 7.38. The summed E-state index contributed by atoms with van der Waals surface area (Å²) in [6.45, 7) is 0.0185. The second kappa shape index (κ2) is 7.70. The van der Waals surface area contributed by atoms with Crippen LogP contribution in [0.5, 0.6) is 0 Å².